The second-order valence-corrected chi connectivity index (χ2v) is 5.55. The Morgan fingerprint density at radius 3 is 2.90 bits per heavy atom. The standard InChI is InChI=1S/C15H14FN3S/c1-17-9-10-6-11(16)8-12(7-10)20-15-18-13-4-2-3-5-14(13)19-15/h2-8,17H,9H2,1H3,(H,18,19). The van der Waals surface area contributed by atoms with Gasteiger partial charge in [0.1, 0.15) is 5.82 Å². The Morgan fingerprint density at radius 2 is 2.10 bits per heavy atom. The zero-order chi connectivity index (χ0) is 13.9. The van der Waals surface area contributed by atoms with Crippen LogP contribution in [-0.2, 0) is 6.54 Å². The molecule has 0 fully saturated rings. The summed E-state index contributed by atoms with van der Waals surface area (Å²) in [5.41, 5.74) is 2.83. The van der Waals surface area contributed by atoms with Gasteiger partial charge in [0.25, 0.3) is 0 Å². The number of halogens is 1. The van der Waals surface area contributed by atoms with Crippen LogP contribution in [0.4, 0.5) is 4.39 Å². The maximum atomic E-state index is 13.6. The van der Waals surface area contributed by atoms with Gasteiger partial charge in [-0.3, -0.25) is 0 Å². The number of nitrogens with one attached hydrogen (secondary N) is 2. The Hall–Kier alpha value is -1.85. The molecule has 1 aromatic heterocycles. The molecule has 3 nitrogen and oxygen atoms in total. The summed E-state index contributed by atoms with van der Waals surface area (Å²) >= 11 is 1.43. The molecule has 2 aromatic carbocycles. The summed E-state index contributed by atoms with van der Waals surface area (Å²) in [4.78, 5) is 8.55. The molecule has 3 aromatic rings. The maximum Gasteiger partial charge on any atom is 0.171 e. The Morgan fingerprint density at radius 1 is 1.25 bits per heavy atom. The van der Waals surface area contributed by atoms with Crippen molar-refractivity contribution in [1.82, 2.24) is 15.3 Å². The number of H-pyrrole nitrogens is 1. The fourth-order valence-corrected chi connectivity index (χ4v) is 2.99. The Kier molecular flexibility index (Phi) is 3.71. The average Bonchev–Trinajstić information content (AvgIpc) is 2.80. The lowest BCUT2D eigenvalue weighted by molar-refractivity contribution is 0.619. The second-order valence-electron chi connectivity index (χ2n) is 4.49. The predicted molar refractivity (Wildman–Crippen MR) is 79.4 cm³/mol. The smallest absolute Gasteiger partial charge is 0.171 e. The van der Waals surface area contributed by atoms with Gasteiger partial charge in [-0.15, -0.1) is 0 Å². The van der Waals surface area contributed by atoms with Crippen molar-refractivity contribution in [3.05, 3.63) is 53.8 Å². The van der Waals surface area contributed by atoms with Gasteiger partial charge in [0.2, 0.25) is 0 Å². The number of aromatic nitrogens is 2. The SMILES string of the molecule is CNCc1cc(F)cc(Sc2nc3ccccc3[nH]2)c1. The summed E-state index contributed by atoms with van der Waals surface area (Å²) in [6.45, 7) is 0.644. The number of benzene rings is 2. The first-order chi connectivity index (χ1) is 9.74. The van der Waals surface area contributed by atoms with E-state index >= 15 is 0 Å². The van der Waals surface area contributed by atoms with Crippen LogP contribution in [0.5, 0.6) is 0 Å². The molecule has 2 N–H and O–H groups in total. The summed E-state index contributed by atoms with van der Waals surface area (Å²) in [7, 11) is 1.84. The van der Waals surface area contributed by atoms with Gasteiger partial charge < -0.3 is 10.3 Å². The molecular formula is C15H14FN3S. The van der Waals surface area contributed by atoms with E-state index in [9.17, 15) is 4.39 Å². The molecular weight excluding hydrogens is 273 g/mol. The van der Waals surface area contributed by atoms with Gasteiger partial charge in [0.05, 0.1) is 11.0 Å². The van der Waals surface area contributed by atoms with Gasteiger partial charge in [-0.05, 0) is 42.9 Å². The highest BCUT2D eigenvalue weighted by Crippen LogP contribution is 2.28. The third kappa shape index (κ3) is 2.84. The molecule has 0 unspecified atom stereocenters. The van der Waals surface area contributed by atoms with E-state index in [2.05, 4.69) is 15.3 Å². The topological polar surface area (TPSA) is 40.7 Å². The van der Waals surface area contributed by atoms with E-state index in [1.165, 1.54) is 17.8 Å². The van der Waals surface area contributed by atoms with Crippen molar-refractivity contribution >= 4 is 22.8 Å². The van der Waals surface area contributed by atoms with Crippen LogP contribution >= 0.6 is 11.8 Å². The number of rotatable bonds is 4. The average molecular weight is 287 g/mol. The molecule has 102 valence electrons. The summed E-state index contributed by atoms with van der Waals surface area (Å²) in [5.74, 6) is -0.226. The Bertz CT molecular complexity index is 706. The third-order valence-electron chi connectivity index (χ3n) is 2.89. The fourth-order valence-electron chi connectivity index (χ4n) is 2.08. The van der Waals surface area contributed by atoms with E-state index < -0.39 is 0 Å². The van der Waals surface area contributed by atoms with Crippen molar-refractivity contribution in [2.45, 2.75) is 16.6 Å². The first-order valence-corrected chi connectivity index (χ1v) is 7.13. The molecule has 5 heteroatoms. The summed E-state index contributed by atoms with van der Waals surface area (Å²) in [6, 6.07) is 12.9. The highest BCUT2D eigenvalue weighted by atomic mass is 32.2. The van der Waals surface area contributed by atoms with Gasteiger partial charge in [-0.25, -0.2) is 9.37 Å². The third-order valence-corrected chi connectivity index (χ3v) is 3.75. The van der Waals surface area contributed by atoms with Gasteiger partial charge in [0, 0.05) is 11.4 Å². The molecule has 3 rings (SSSR count). The van der Waals surface area contributed by atoms with E-state index in [4.69, 9.17) is 0 Å². The minimum atomic E-state index is -0.226. The first-order valence-electron chi connectivity index (χ1n) is 6.31. The molecule has 0 saturated heterocycles. The lowest BCUT2D eigenvalue weighted by atomic mass is 10.2. The highest BCUT2D eigenvalue weighted by molar-refractivity contribution is 7.99. The number of fused-ring (bicyclic) bond motifs is 1. The molecule has 0 saturated carbocycles. The maximum absolute atomic E-state index is 13.6. The Labute approximate surface area is 120 Å². The fraction of sp³-hybridized carbons (Fsp3) is 0.133. The number of para-hydroxylation sites is 2. The Balaban J connectivity index is 1.90. The quantitative estimate of drug-likeness (QED) is 0.770. The second kappa shape index (κ2) is 5.64. The van der Waals surface area contributed by atoms with Gasteiger partial charge in [-0.2, -0.15) is 0 Å². The molecule has 1 heterocycles. The first kappa shape index (κ1) is 13.1. The zero-order valence-corrected chi connectivity index (χ0v) is 11.8. The van der Waals surface area contributed by atoms with E-state index in [-0.39, 0.29) is 5.82 Å². The summed E-state index contributed by atoms with van der Waals surface area (Å²) in [5, 5.41) is 3.79. The minimum Gasteiger partial charge on any atom is -0.333 e. The number of hydrogen-bond donors (Lipinski definition) is 2. The monoisotopic (exact) mass is 287 g/mol. The number of imidazole rings is 1. The van der Waals surface area contributed by atoms with Crippen molar-refractivity contribution in [2.24, 2.45) is 0 Å². The van der Waals surface area contributed by atoms with Crippen molar-refractivity contribution in [2.75, 3.05) is 7.05 Å². The normalized spacial score (nSPS) is 11.1. The molecule has 0 aliphatic carbocycles. The number of nitrogens with zero attached hydrogens (tertiary/aromatic N) is 1. The van der Waals surface area contributed by atoms with Crippen molar-refractivity contribution in [3.8, 4) is 0 Å². The van der Waals surface area contributed by atoms with Crippen LogP contribution < -0.4 is 5.32 Å². The van der Waals surface area contributed by atoms with Crippen LogP contribution in [0, 0.1) is 5.82 Å². The number of aromatic amines is 1. The lowest BCUT2D eigenvalue weighted by Crippen LogP contribution is -2.05. The lowest BCUT2D eigenvalue weighted by Gasteiger charge is -2.04. The van der Waals surface area contributed by atoms with Crippen molar-refractivity contribution < 1.29 is 4.39 Å². The van der Waals surface area contributed by atoms with E-state index in [0.29, 0.717) is 6.54 Å². The zero-order valence-electron chi connectivity index (χ0n) is 11.0. The van der Waals surface area contributed by atoms with Crippen LogP contribution in [0.2, 0.25) is 0 Å². The van der Waals surface area contributed by atoms with Crippen molar-refractivity contribution in [3.63, 3.8) is 0 Å². The molecule has 0 amide bonds. The van der Waals surface area contributed by atoms with E-state index in [0.717, 1.165) is 26.6 Å². The molecule has 0 spiro atoms. The molecule has 0 aliphatic heterocycles. The van der Waals surface area contributed by atoms with Crippen LogP contribution in [0.25, 0.3) is 11.0 Å². The largest absolute Gasteiger partial charge is 0.333 e. The van der Waals surface area contributed by atoms with E-state index in [1.807, 2.05) is 37.4 Å². The highest BCUT2D eigenvalue weighted by Gasteiger charge is 2.06. The molecule has 0 atom stereocenters. The molecule has 0 bridgehead atoms. The summed E-state index contributed by atoms with van der Waals surface area (Å²) in [6.07, 6.45) is 0. The molecule has 0 aliphatic rings. The van der Waals surface area contributed by atoms with Gasteiger partial charge in [-0.1, -0.05) is 23.9 Å². The molecule has 20 heavy (non-hydrogen) atoms. The van der Waals surface area contributed by atoms with Crippen LogP contribution in [-0.4, -0.2) is 17.0 Å². The summed E-state index contributed by atoms with van der Waals surface area (Å²) < 4.78 is 13.6. The molecule has 0 radical (unpaired) electrons. The predicted octanol–water partition coefficient (Wildman–Crippen LogP) is 3.57. The van der Waals surface area contributed by atoms with Gasteiger partial charge in [0.15, 0.2) is 5.16 Å². The van der Waals surface area contributed by atoms with Crippen LogP contribution in [0.3, 0.4) is 0 Å². The van der Waals surface area contributed by atoms with E-state index in [1.54, 1.807) is 6.07 Å². The minimum absolute atomic E-state index is 0.226. The van der Waals surface area contributed by atoms with Gasteiger partial charge >= 0.3 is 0 Å². The van der Waals surface area contributed by atoms with Crippen molar-refractivity contribution in [1.29, 1.82) is 0 Å². The van der Waals surface area contributed by atoms with Crippen LogP contribution in [0.15, 0.2) is 52.5 Å². The number of hydrogen-bond acceptors (Lipinski definition) is 3. The van der Waals surface area contributed by atoms with Crippen LogP contribution in [0.1, 0.15) is 5.56 Å².